The number of benzene rings is 2. The lowest BCUT2D eigenvalue weighted by atomic mass is 10.1. The Kier molecular flexibility index (Phi) is 6.39. The van der Waals surface area contributed by atoms with Gasteiger partial charge in [-0.3, -0.25) is 4.79 Å². The van der Waals surface area contributed by atoms with Crippen molar-refractivity contribution in [2.75, 3.05) is 13.1 Å². The van der Waals surface area contributed by atoms with Crippen molar-refractivity contribution in [1.29, 1.82) is 0 Å². The maximum atomic E-state index is 12.7. The molecule has 0 aliphatic carbocycles. The third kappa shape index (κ3) is 4.98. The third-order valence-electron chi connectivity index (χ3n) is 4.23. The smallest absolute Gasteiger partial charge is 0.255 e. The lowest BCUT2D eigenvalue weighted by molar-refractivity contribution is -0.00672. The fraction of sp³-hybridized carbons (Fsp3) is 0.316. The van der Waals surface area contributed by atoms with Crippen LogP contribution in [0.15, 0.2) is 46.9 Å². The predicted octanol–water partition coefficient (Wildman–Crippen LogP) is 5.58. The fourth-order valence-corrected chi connectivity index (χ4v) is 3.64. The van der Waals surface area contributed by atoms with Crippen molar-refractivity contribution in [1.82, 2.24) is 4.90 Å². The number of carbonyl (C=O) groups is 1. The fourth-order valence-electron chi connectivity index (χ4n) is 2.89. The molecule has 3 nitrogen and oxygen atoms in total. The average Bonchev–Trinajstić information content (AvgIpc) is 2.61. The molecule has 0 radical (unpaired) electrons. The molecule has 1 aliphatic rings. The van der Waals surface area contributed by atoms with E-state index in [-0.39, 0.29) is 12.0 Å². The van der Waals surface area contributed by atoms with Crippen LogP contribution in [0.25, 0.3) is 0 Å². The van der Waals surface area contributed by atoms with Gasteiger partial charge in [-0.2, -0.15) is 0 Å². The first-order valence-electron chi connectivity index (χ1n) is 8.13. The monoisotopic (exact) mass is 441 g/mol. The summed E-state index contributed by atoms with van der Waals surface area (Å²) in [6.07, 6.45) is 1.91. The van der Waals surface area contributed by atoms with Crippen LogP contribution >= 0.6 is 39.1 Å². The minimum Gasteiger partial charge on any atom is -0.372 e. The van der Waals surface area contributed by atoms with Crippen molar-refractivity contribution in [2.24, 2.45) is 0 Å². The van der Waals surface area contributed by atoms with Crippen molar-refractivity contribution >= 4 is 45.0 Å². The number of amides is 1. The van der Waals surface area contributed by atoms with E-state index in [9.17, 15) is 4.79 Å². The molecule has 132 valence electrons. The van der Waals surface area contributed by atoms with E-state index in [0.717, 1.165) is 29.4 Å². The van der Waals surface area contributed by atoms with Gasteiger partial charge in [-0.05, 0) is 48.7 Å². The lowest BCUT2D eigenvalue weighted by Gasteiger charge is -2.33. The standard InChI is InChI=1S/C19H18BrCl2NO2/c20-14-5-3-13(4-6-14)12-25-16-2-1-9-23(11-16)19(24)17-8-7-15(21)10-18(17)22/h3-8,10,16H,1-2,9,11-12H2/t16-/m1/s1. The van der Waals surface area contributed by atoms with E-state index in [2.05, 4.69) is 15.9 Å². The summed E-state index contributed by atoms with van der Waals surface area (Å²) in [4.78, 5) is 14.5. The number of halogens is 3. The highest BCUT2D eigenvalue weighted by Gasteiger charge is 2.26. The summed E-state index contributed by atoms with van der Waals surface area (Å²) in [5.74, 6) is -0.0707. The van der Waals surface area contributed by atoms with E-state index in [4.69, 9.17) is 27.9 Å². The van der Waals surface area contributed by atoms with Crippen molar-refractivity contribution in [3.05, 3.63) is 68.1 Å². The topological polar surface area (TPSA) is 29.5 Å². The van der Waals surface area contributed by atoms with Gasteiger partial charge in [-0.15, -0.1) is 0 Å². The van der Waals surface area contributed by atoms with Crippen LogP contribution in [0.5, 0.6) is 0 Å². The zero-order valence-electron chi connectivity index (χ0n) is 13.6. The van der Waals surface area contributed by atoms with Crippen LogP contribution in [-0.4, -0.2) is 30.0 Å². The van der Waals surface area contributed by atoms with Gasteiger partial charge >= 0.3 is 0 Å². The van der Waals surface area contributed by atoms with Gasteiger partial charge in [0.15, 0.2) is 0 Å². The molecule has 1 heterocycles. The molecule has 1 amide bonds. The Morgan fingerprint density at radius 2 is 1.96 bits per heavy atom. The van der Waals surface area contributed by atoms with Crippen molar-refractivity contribution in [3.8, 4) is 0 Å². The van der Waals surface area contributed by atoms with Crippen LogP contribution in [0.1, 0.15) is 28.8 Å². The average molecular weight is 443 g/mol. The van der Waals surface area contributed by atoms with Crippen LogP contribution < -0.4 is 0 Å². The summed E-state index contributed by atoms with van der Waals surface area (Å²) >= 11 is 15.5. The van der Waals surface area contributed by atoms with Crippen molar-refractivity contribution in [2.45, 2.75) is 25.6 Å². The molecule has 1 fully saturated rings. The van der Waals surface area contributed by atoms with Gasteiger partial charge in [0.2, 0.25) is 0 Å². The van der Waals surface area contributed by atoms with E-state index in [0.29, 0.717) is 28.8 Å². The molecule has 0 N–H and O–H groups in total. The summed E-state index contributed by atoms with van der Waals surface area (Å²) in [7, 11) is 0. The van der Waals surface area contributed by atoms with E-state index in [1.807, 2.05) is 29.2 Å². The molecule has 0 saturated carbocycles. The Labute approximate surface area is 166 Å². The highest BCUT2D eigenvalue weighted by Crippen LogP contribution is 2.24. The Bertz CT molecular complexity index is 752. The SMILES string of the molecule is O=C(c1ccc(Cl)cc1Cl)N1CCC[C@@H](OCc2ccc(Br)cc2)C1. The molecule has 6 heteroatoms. The molecule has 0 spiro atoms. The second-order valence-corrected chi connectivity index (χ2v) is 7.84. The molecule has 1 aliphatic heterocycles. The van der Waals surface area contributed by atoms with Crippen LogP contribution in [0.2, 0.25) is 10.0 Å². The first kappa shape index (κ1) is 18.7. The Hall–Kier alpha value is -1.07. The zero-order chi connectivity index (χ0) is 17.8. The largest absolute Gasteiger partial charge is 0.372 e. The molecule has 1 saturated heterocycles. The second kappa shape index (κ2) is 8.54. The van der Waals surface area contributed by atoms with Crippen LogP contribution in [-0.2, 0) is 11.3 Å². The van der Waals surface area contributed by atoms with Gasteiger partial charge < -0.3 is 9.64 Å². The maximum Gasteiger partial charge on any atom is 0.255 e. The molecule has 2 aromatic carbocycles. The van der Waals surface area contributed by atoms with Gasteiger partial charge in [0.25, 0.3) is 5.91 Å². The Balaban J connectivity index is 1.60. The van der Waals surface area contributed by atoms with Crippen molar-refractivity contribution < 1.29 is 9.53 Å². The van der Waals surface area contributed by atoms with Crippen LogP contribution in [0, 0.1) is 0 Å². The summed E-state index contributed by atoms with van der Waals surface area (Å²) in [5, 5.41) is 0.909. The molecule has 3 rings (SSSR count). The number of rotatable bonds is 4. The lowest BCUT2D eigenvalue weighted by Crippen LogP contribution is -2.43. The molecule has 0 unspecified atom stereocenters. The predicted molar refractivity (Wildman–Crippen MR) is 104 cm³/mol. The number of nitrogens with zero attached hydrogens (tertiary/aromatic N) is 1. The minimum absolute atomic E-state index is 0.0347. The van der Waals surface area contributed by atoms with Crippen LogP contribution in [0.3, 0.4) is 0 Å². The summed E-state index contributed by atoms with van der Waals surface area (Å²) in [6.45, 7) is 1.84. The van der Waals surface area contributed by atoms with Crippen LogP contribution in [0.4, 0.5) is 0 Å². The first-order chi connectivity index (χ1) is 12.0. The van der Waals surface area contributed by atoms with Gasteiger partial charge in [0.1, 0.15) is 0 Å². The van der Waals surface area contributed by atoms with E-state index in [1.165, 1.54) is 0 Å². The molecular formula is C19H18BrCl2NO2. The van der Waals surface area contributed by atoms with Crippen molar-refractivity contribution in [3.63, 3.8) is 0 Å². The van der Waals surface area contributed by atoms with E-state index in [1.54, 1.807) is 18.2 Å². The van der Waals surface area contributed by atoms with Gasteiger partial charge in [-0.1, -0.05) is 51.3 Å². The minimum atomic E-state index is -0.0707. The number of piperidine rings is 1. The van der Waals surface area contributed by atoms with Gasteiger partial charge in [-0.25, -0.2) is 0 Å². The molecular weight excluding hydrogens is 425 g/mol. The highest BCUT2D eigenvalue weighted by atomic mass is 79.9. The number of hydrogen-bond acceptors (Lipinski definition) is 2. The number of ether oxygens (including phenoxy) is 1. The molecule has 25 heavy (non-hydrogen) atoms. The third-order valence-corrected chi connectivity index (χ3v) is 5.30. The normalized spacial score (nSPS) is 17.6. The maximum absolute atomic E-state index is 12.7. The molecule has 0 bridgehead atoms. The van der Waals surface area contributed by atoms with E-state index >= 15 is 0 Å². The molecule has 2 aromatic rings. The quantitative estimate of drug-likeness (QED) is 0.618. The summed E-state index contributed by atoms with van der Waals surface area (Å²) < 4.78 is 7.06. The molecule has 1 atom stereocenters. The van der Waals surface area contributed by atoms with Gasteiger partial charge in [0, 0.05) is 22.6 Å². The number of likely N-dealkylation sites (tertiary alicyclic amines) is 1. The molecule has 0 aromatic heterocycles. The first-order valence-corrected chi connectivity index (χ1v) is 9.68. The second-order valence-electron chi connectivity index (χ2n) is 6.08. The number of hydrogen-bond donors (Lipinski definition) is 0. The summed E-state index contributed by atoms with van der Waals surface area (Å²) in [6, 6.07) is 13.0. The Morgan fingerprint density at radius 1 is 1.20 bits per heavy atom. The highest BCUT2D eigenvalue weighted by molar-refractivity contribution is 9.10. The van der Waals surface area contributed by atoms with E-state index < -0.39 is 0 Å². The van der Waals surface area contributed by atoms with Gasteiger partial charge in [0.05, 0.1) is 23.3 Å². The Morgan fingerprint density at radius 3 is 2.68 bits per heavy atom. The number of carbonyl (C=O) groups excluding carboxylic acids is 1. The zero-order valence-corrected chi connectivity index (χ0v) is 16.6. The summed E-state index contributed by atoms with van der Waals surface area (Å²) in [5.41, 5.74) is 1.60.